The van der Waals surface area contributed by atoms with Crippen LogP contribution in [0.5, 0.6) is 0 Å². The number of rotatable bonds is 6. The van der Waals surface area contributed by atoms with Crippen LogP contribution >= 0.6 is 11.8 Å². The number of benzene rings is 1. The fourth-order valence-electron chi connectivity index (χ4n) is 4.27. The second-order valence-electron chi connectivity index (χ2n) is 8.55. The third-order valence-corrected chi connectivity index (χ3v) is 6.93. The fourth-order valence-corrected chi connectivity index (χ4v) is 5.30. The number of aryl methyl sites for hydroxylation is 1. The van der Waals surface area contributed by atoms with Gasteiger partial charge in [0.2, 0.25) is 5.91 Å². The summed E-state index contributed by atoms with van der Waals surface area (Å²) in [7, 11) is 0. The highest BCUT2D eigenvalue weighted by Crippen LogP contribution is 2.32. The highest BCUT2D eigenvalue weighted by Gasteiger charge is 2.34. The van der Waals surface area contributed by atoms with Gasteiger partial charge in [-0.15, -0.1) is 11.8 Å². The lowest BCUT2D eigenvalue weighted by Gasteiger charge is -2.33. The summed E-state index contributed by atoms with van der Waals surface area (Å²) < 4.78 is 37.5. The molecule has 2 aliphatic rings. The summed E-state index contributed by atoms with van der Waals surface area (Å²) in [5.41, 5.74) is 3.68. The first-order valence-electron chi connectivity index (χ1n) is 10.7. The van der Waals surface area contributed by atoms with E-state index < -0.39 is 24.5 Å². The number of carbonyl (C=O) groups excluding carboxylic acids is 1. The largest absolute Gasteiger partial charge is 0.481 e. The molecule has 2 aromatic rings. The van der Waals surface area contributed by atoms with E-state index >= 15 is 0 Å². The van der Waals surface area contributed by atoms with E-state index in [1.807, 2.05) is 25.1 Å². The number of fused-ring (bicyclic) bond motifs is 1. The SMILES string of the molecule is Cc1cc(NC2CCN(C(=O)CC(F)(F)F)CC2)c2[nH]c(C3=N[C@@H](CC(=O)O)CS3)cc2c1. The normalized spacial score (nSPS) is 19.7. The smallest absolute Gasteiger partial charge is 0.397 e. The van der Waals surface area contributed by atoms with Crippen LogP contribution in [0, 0.1) is 6.92 Å². The maximum Gasteiger partial charge on any atom is 0.397 e. The average Bonchev–Trinajstić information content (AvgIpc) is 3.33. The van der Waals surface area contributed by atoms with Crippen molar-refractivity contribution < 1.29 is 27.9 Å². The number of aromatic nitrogens is 1. The molecule has 4 rings (SSSR count). The molecule has 1 atom stereocenters. The molecule has 1 aromatic heterocycles. The fraction of sp³-hybridized carbons (Fsp3) is 0.500. The first-order chi connectivity index (χ1) is 15.6. The topological polar surface area (TPSA) is 97.8 Å². The summed E-state index contributed by atoms with van der Waals surface area (Å²) >= 11 is 1.53. The molecule has 1 aromatic carbocycles. The molecular weight excluding hydrogens is 457 g/mol. The molecule has 3 N–H and O–H groups in total. The van der Waals surface area contributed by atoms with Gasteiger partial charge in [-0.1, -0.05) is 0 Å². The molecule has 1 fully saturated rings. The van der Waals surface area contributed by atoms with E-state index in [-0.39, 0.29) is 31.6 Å². The number of piperidine rings is 1. The van der Waals surface area contributed by atoms with Crippen LogP contribution in [0.3, 0.4) is 0 Å². The molecule has 178 valence electrons. The number of aliphatic carboxylic acids is 1. The van der Waals surface area contributed by atoms with Gasteiger partial charge >= 0.3 is 12.1 Å². The predicted molar refractivity (Wildman–Crippen MR) is 122 cm³/mol. The van der Waals surface area contributed by atoms with Crippen molar-refractivity contribution in [2.75, 3.05) is 24.2 Å². The number of nitrogens with one attached hydrogen (secondary N) is 2. The summed E-state index contributed by atoms with van der Waals surface area (Å²) in [5, 5.41) is 14.3. The Morgan fingerprint density at radius 1 is 1.27 bits per heavy atom. The molecule has 0 spiro atoms. The van der Waals surface area contributed by atoms with E-state index in [2.05, 4.69) is 15.3 Å². The molecule has 3 heterocycles. The number of carbonyl (C=O) groups is 2. The Morgan fingerprint density at radius 2 is 2.00 bits per heavy atom. The van der Waals surface area contributed by atoms with Crippen molar-refractivity contribution in [3.8, 4) is 0 Å². The number of H-pyrrole nitrogens is 1. The van der Waals surface area contributed by atoms with Gasteiger partial charge in [-0.2, -0.15) is 13.2 Å². The molecule has 1 saturated heterocycles. The number of carboxylic acid groups (broad SMARTS) is 1. The number of carboxylic acids is 1. The Labute approximate surface area is 192 Å². The quantitative estimate of drug-likeness (QED) is 0.574. The van der Waals surface area contributed by atoms with Crippen molar-refractivity contribution in [3.63, 3.8) is 0 Å². The number of anilines is 1. The van der Waals surface area contributed by atoms with E-state index in [1.165, 1.54) is 16.7 Å². The minimum absolute atomic E-state index is 0.00676. The molecule has 11 heteroatoms. The van der Waals surface area contributed by atoms with Crippen molar-refractivity contribution >= 4 is 45.3 Å². The summed E-state index contributed by atoms with van der Waals surface area (Å²) in [6.45, 7) is 2.56. The minimum atomic E-state index is -4.49. The van der Waals surface area contributed by atoms with Crippen molar-refractivity contribution in [1.82, 2.24) is 9.88 Å². The summed E-state index contributed by atoms with van der Waals surface area (Å²) in [6.07, 6.45) is -4.77. The Bertz CT molecular complexity index is 1090. The molecule has 0 radical (unpaired) electrons. The van der Waals surface area contributed by atoms with Crippen molar-refractivity contribution in [2.45, 2.75) is 50.9 Å². The minimum Gasteiger partial charge on any atom is -0.481 e. The zero-order valence-electron chi connectivity index (χ0n) is 18.0. The van der Waals surface area contributed by atoms with Crippen LogP contribution in [0.4, 0.5) is 18.9 Å². The summed E-state index contributed by atoms with van der Waals surface area (Å²) in [5.74, 6) is -1.10. The summed E-state index contributed by atoms with van der Waals surface area (Å²) in [6, 6.07) is 5.86. The number of likely N-dealkylation sites (tertiary alicyclic amines) is 1. The van der Waals surface area contributed by atoms with Gasteiger partial charge in [-0.25, -0.2) is 0 Å². The van der Waals surface area contributed by atoms with Gasteiger partial charge in [0.25, 0.3) is 0 Å². The lowest BCUT2D eigenvalue weighted by molar-refractivity contribution is -0.162. The number of nitrogens with zero attached hydrogens (tertiary/aromatic N) is 2. The van der Waals surface area contributed by atoms with Crippen LogP contribution in [0.1, 0.15) is 36.9 Å². The maximum atomic E-state index is 12.5. The average molecular weight is 483 g/mol. The Hall–Kier alpha value is -2.69. The number of alkyl halides is 3. The number of hydrogen-bond donors (Lipinski definition) is 3. The van der Waals surface area contributed by atoms with Crippen LogP contribution in [0.25, 0.3) is 10.9 Å². The third-order valence-electron chi connectivity index (χ3n) is 5.78. The maximum absolute atomic E-state index is 12.5. The third kappa shape index (κ3) is 5.82. The molecule has 0 saturated carbocycles. The number of amides is 1. The molecule has 1 amide bonds. The van der Waals surface area contributed by atoms with Crippen LogP contribution in [-0.4, -0.2) is 69.0 Å². The van der Waals surface area contributed by atoms with E-state index in [1.54, 1.807) is 0 Å². The Kier molecular flexibility index (Phi) is 6.60. The van der Waals surface area contributed by atoms with E-state index in [0.29, 0.717) is 18.6 Å². The van der Waals surface area contributed by atoms with Gasteiger partial charge in [-0.3, -0.25) is 14.6 Å². The molecule has 0 unspecified atom stereocenters. The number of thioether (sulfide) groups is 1. The van der Waals surface area contributed by atoms with Gasteiger partial charge in [-0.05, 0) is 43.5 Å². The van der Waals surface area contributed by atoms with E-state index in [4.69, 9.17) is 5.11 Å². The zero-order valence-corrected chi connectivity index (χ0v) is 18.9. The zero-order chi connectivity index (χ0) is 23.8. The molecule has 2 aliphatic heterocycles. The van der Waals surface area contributed by atoms with Crippen molar-refractivity contribution in [1.29, 1.82) is 0 Å². The van der Waals surface area contributed by atoms with Crippen molar-refractivity contribution in [3.05, 3.63) is 29.5 Å². The monoisotopic (exact) mass is 482 g/mol. The number of aromatic amines is 1. The lowest BCUT2D eigenvalue weighted by Crippen LogP contribution is -2.43. The molecule has 0 aliphatic carbocycles. The second kappa shape index (κ2) is 9.28. The Balaban J connectivity index is 1.46. The van der Waals surface area contributed by atoms with Gasteiger partial charge in [0, 0.05) is 30.3 Å². The first-order valence-corrected chi connectivity index (χ1v) is 11.7. The molecular formula is C22H25F3N4O3S. The van der Waals surface area contributed by atoms with Crippen molar-refractivity contribution in [2.24, 2.45) is 4.99 Å². The highest BCUT2D eigenvalue weighted by molar-refractivity contribution is 8.14. The summed E-state index contributed by atoms with van der Waals surface area (Å²) in [4.78, 5) is 32.0. The van der Waals surface area contributed by atoms with Gasteiger partial charge in [0.1, 0.15) is 11.5 Å². The Morgan fingerprint density at radius 3 is 2.67 bits per heavy atom. The number of aliphatic imine (C=N–C) groups is 1. The number of halogens is 3. The predicted octanol–water partition coefficient (Wildman–Crippen LogP) is 4.17. The first kappa shape index (κ1) is 23.5. The molecule has 0 bridgehead atoms. The van der Waals surface area contributed by atoms with E-state index in [9.17, 15) is 22.8 Å². The highest BCUT2D eigenvalue weighted by atomic mass is 32.2. The lowest BCUT2D eigenvalue weighted by atomic mass is 10.0. The van der Waals surface area contributed by atoms with Crippen LogP contribution in [0.15, 0.2) is 23.2 Å². The molecule has 7 nitrogen and oxygen atoms in total. The standard InChI is InChI=1S/C22H25F3N4O3S/c1-12-6-13-8-17(21-27-15(11-33-21)9-19(31)32)28-20(13)16(7-12)26-14-2-4-29(5-3-14)18(30)10-22(23,24)25/h6-8,14-15,26,28H,2-5,9-11H2,1H3,(H,31,32)/t15-/m0/s1. The second-order valence-corrected chi connectivity index (χ2v) is 9.56. The van der Waals surface area contributed by atoms with Crippen LogP contribution in [-0.2, 0) is 9.59 Å². The van der Waals surface area contributed by atoms with Gasteiger partial charge in [0.05, 0.1) is 29.4 Å². The van der Waals surface area contributed by atoms with Gasteiger partial charge < -0.3 is 20.3 Å². The number of hydrogen-bond acceptors (Lipinski definition) is 5. The molecule has 33 heavy (non-hydrogen) atoms. The van der Waals surface area contributed by atoms with Gasteiger partial charge in [0.15, 0.2) is 0 Å². The van der Waals surface area contributed by atoms with Crippen LogP contribution < -0.4 is 5.32 Å². The van der Waals surface area contributed by atoms with E-state index in [0.717, 1.165) is 32.9 Å². The van der Waals surface area contributed by atoms with Crippen LogP contribution in [0.2, 0.25) is 0 Å².